The number of fused-ring (bicyclic) bond motifs is 1. The predicted octanol–water partition coefficient (Wildman–Crippen LogP) is 0.786. The van der Waals surface area contributed by atoms with Gasteiger partial charge in [-0.1, -0.05) is 0 Å². The zero-order valence-electron chi connectivity index (χ0n) is 11.1. The fraction of sp³-hybridized carbons (Fsp3) is 0.429. The molecule has 2 heterocycles. The maximum atomic E-state index is 12.7. The molecule has 5 nitrogen and oxygen atoms in total. The van der Waals surface area contributed by atoms with Crippen LogP contribution in [0.3, 0.4) is 0 Å². The number of ether oxygens (including phenoxy) is 1. The zero-order valence-corrected chi connectivity index (χ0v) is 11.9. The van der Waals surface area contributed by atoms with Crippen LogP contribution in [0.1, 0.15) is 28.8 Å². The van der Waals surface area contributed by atoms with Crippen LogP contribution in [0, 0.1) is 0 Å². The van der Waals surface area contributed by atoms with E-state index in [2.05, 4.69) is 10.1 Å². The first kappa shape index (κ1) is 13.3. The number of rotatable bonds is 1. The molecule has 2 aliphatic rings. The number of carbonyl (C=O) groups is 2. The minimum Gasteiger partial charge on any atom is -0.465 e. The number of aryl methyl sites for hydroxylation is 1. The number of benzene rings is 1. The van der Waals surface area contributed by atoms with E-state index in [1.54, 1.807) is 18.2 Å². The van der Waals surface area contributed by atoms with Gasteiger partial charge in [0, 0.05) is 11.4 Å². The van der Waals surface area contributed by atoms with E-state index in [-0.39, 0.29) is 5.91 Å². The van der Waals surface area contributed by atoms with Gasteiger partial charge in [0.1, 0.15) is 4.75 Å². The lowest BCUT2D eigenvalue weighted by Gasteiger charge is -2.31. The van der Waals surface area contributed by atoms with Gasteiger partial charge in [-0.3, -0.25) is 9.00 Å². The standard InChI is InChI=1S/C14H15NO4S/c1-19-12(16)10-2-3-11-9(8-10)4-5-14(20(11)18)6-7-15-13(14)17/h2-3,8H,4-7H2,1H3,(H,15,17). The highest BCUT2D eigenvalue weighted by atomic mass is 32.2. The second-order valence-electron chi connectivity index (χ2n) is 5.08. The highest BCUT2D eigenvalue weighted by molar-refractivity contribution is 7.87. The van der Waals surface area contributed by atoms with Crippen molar-refractivity contribution in [1.29, 1.82) is 0 Å². The van der Waals surface area contributed by atoms with Gasteiger partial charge >= 0.3 is 5.97 Å². The summed E-state index contributed by atoms with van der Waals surface area (Å²) in [6.45, 7) is 0.583. The molecule has 2 aliphatic heterocycles. The van der Waals surface area contributed by atoms with Crippen molar-refractivity contribution in [1.82, 2.24) is 5.32 Å². The largest absolute Gasteiger partial charge is 0.465 e. The van der Waals surface area contributed by atoms with Gasteiger partial charge in [0.25, 0.3) is 0 Å². The molecule has 1 saturated heterocycles. The lowest BCUT2D eigenvalue weighted by atomic mass is 9.95. The van der Waals surface area contributed by atoms with Gasteiger partial charge in [-0.05, 0) is 43.0 Å². The van der Waals surface area contributed by atoms with Crippen molar-refractivity contribution in [2.24, 2.45) is 0 Å². The molecule has 106 valence electrons. The van der Waals surface area contributed by atoms with Crippen molar-refractivity contribution in [2.45, 2.75) is 28.9 Å². The molecule has 2 atom stereocenters. The van der Waals surface area contributed by atoms with Crippen LogP contribution < -0.4 is 5.32 Å². The molecule has 1 spiro atoms. The first-order valence-corrected chi connectivity index (χ1v) is 7.65. The molecule has 0 aliphatic carbocycles. The first-order valence-electron chi connectivity index (χ1n) is 6.50. The SMILES string of the molecule is COC(=O)c1ccc2c(c1)CCC1(CCNC1=O)S2=O. The second-order valence-corrected chi connectivity index (χ2v) is 6.84. The lowest BCUT2D eigenvalue weighted by molar-refractivity contribution is -0.121. The maximum absolute atomic E-state index is 12.7. The number of amides is 1. The Balaban J connectivity index is 2.01. The predicted molar refractivity (Wildman–Crippen MR) is 72.9 cm³/mol. The molecule has 1 amide bonds. The molecule has 6 heteroatoms. The number of hydrogen-bond donors (Lipinski definition) is 1. The van der Waals surface area contributed by atoms with Crippen molar-refractivity contribution >= 4 is 22.7 Å². The van der Waals surface area contributed by atoms with E-state index in [4.69, 9.17) is 0 Å². The average molecular weight is 293 g/mol. The monoisotopic (exact) mass is 293 g/mol. The summed E-state index contributed by atoms with van der Waals surface area (Å²) in [4.78, 5) is 24.2. The second kappa shape index (κ2) is 4.70. The molecule has 3 rings (SSSR count). The molecule has 20 heavy (non-hydrogen) atoms. The van der Waals surface area contributed by atoms with Gasteiger partial charge in [-0.15, -0.1) is 0 Å². The minimum atomic E-state index is -1.37. The van der Waals surface area contributed by atoms with Gasteiger partial charge < -0.3 is 10.1 Å². The van der Waals surface area contributed by atoms with Crippen LogP contribution in [-0.2, 0) is 26.8 Å². The van der Waals surface area contributed by atoms with Crippen molar-refractivity contribution in [3.63, 3.8) is 0 Å². The molecular formula is C14H15NO4S. The van der Waals surface area contributed by atoms with Crippen LogP contribution in [0.2, 0.25) is 0 Å². The van der Waals surface area contributed by atoms with Gasteiger partial charge in [-0.25, -0.2) is 4.79 Å². The quantitative estimate of drug-likeness (QED) is 0.777. The van der Waals surface area contributed by atoms with E-state index < -0.39 is 21.5 Å². The fourth-order valence-corrected chi connectivity index (χ4v) is 4.74. The van der Waals surface area contributed by atoms with Crippen LogP contribution in [0.15, 0.2) is 23.1 Å². The summed E-state index contributed by atoms with van der Waals surface area (Å²) < 4.78 is 16.6. The first-order chi connectivity index (χ1) is 9.58. The summed E-state index contributed by atoms with van der Waals surface area (Å²) in [6.07, 6.45) is 1.82. The number of nitrogens with one attached hydrogen (secondary N) is 1. The van der Waals surface area contributed by atoms with E-state index in [1.165, 1.54) is 7.11 Å². The molecule has 1 aromatic rings. The molecule has 2 unspecified atom stereocenters. The Hall–Kier alpha value is -1.69. The van der Waals surface area contributed by atoms with Crippen LogP contribution in [0.5, 0.6) is 0 Å². The Labute approximate surface area is 119 Å². The normalized spacial score (nSPS) is 28.1. The van der Waals surface area contributed by atoms with Crippen LogP contribution in [0.4, 0.5) is 0 Å². The molecule has 0 radical (unpaired) electrons. The number of esters is 1. The number of hydrogen-bond acceptors (Lipinski definition) is 4. The zero-order chi connectivity index (χ0) is 14.3. The number of methoxy groups -OCH3 is 1. The van der Waals surface area contributed by atoms with Crippen molar-refractivity contribution in [3.8, 4) is 0 Å². The Morgan fingerprint density at radius 3 is 2.85 bits per heavy atom. The summed E-state index contributed by atoms with van der Waals surface area (Å²) in [7, 11) is -0.0356. The van der Waals surface area contributed by atoms with Crippen LogP contribution >= 0.6 is 0 Å². The summed E-state index contributed by atoms with van der Waals surface area (Å²) in [5.41, 5.74) is 1.33. The van der Waals surface area contributed by atoms with Gasteiger partial charge in [0.05, 0.1) is 23.5 Å². The number of carbonyl (C=O) groups excluding carboxylic acids is 2. The Bertz CT molecular complexity index is 628. The van der Waals surface area contributed by atoms with E-state index in [0.29, 0.717) is 36.3 Å². The summed E-state index contributed by atoms with van der Waals surface area (Å²) in [6, 6.07) is 5.01. The van der Waals surface area contributed by atoms with Crippen molar-refractivity contribution < 1.29 is 18.5 Å². The highest BCUT2D eigenvalue weighted by Crippen LogP contribution is 2.39. The molecule has 1 N–H and O–H groups in total. The smallest absolute Gasteiger partial charge is 0.337 e. The molecule has 1 fully saturated rings. The highest BCUT2D eigenvalue weighted by Gasteiger charge is 2.50. The van der Waals surface area contributed by atoms with Gasteiger partial charge in [0.2, 0.25) is 5.91 Å². The third kappa shape index (κ3) is 1.78. The summed E-state index contributed by atoms with van der Waals surface area (Å²) >= 11 is 0. The Kier molecular flexibility index (Phi) is 3.12. The van der Waals surface area contributed by atoms with Crippen LogP contribution in [-0.4, -0.2) is 34.5 Å². The molecule has 0 aromatic heterocycles. The fourth-order valence-electron chi connectivity index (χ4n) is 2.91. The van der Waals surface area contributed by atoms with E-state index in [9.17, 15) is 13.8 Å². The third-order valence-corrected chi connectivity index (χ3v) is 6.16. The lowest BCUT2D eigenvalue weighted by Crippen LogP contribution is -2.45. The average Bonchev–Trinajstić information content (AvgIpc) is 2.84. The maximum Gasteiger partial charge on any atom is 0.337 e. The van der Waals surface area contributed by atoms with Gasteiger partial charge in [-0.2, -0.15) is 0 Å². The van der Waals surface area contributed by atoms with E-state index >= 15 is 0 Å². The molecular weight excluding hydrogens is 278 g/mol. The van der Waals surface area contributed by atoms with E-state index in [0.717, 1.165) is 5.56 Å². The van der Waals surface area contributed by atoms with Crippen molar-refractivity contribution in [3.05, 3.63) is 29.3 Å². The van der Waals surface area contributed by atoms with E-state index in [1.807, 2.05) is 0 Å². The van der Waals surface area contributed by atoms with Gasteiger partial charge in [0.15, 0.2) is 0 Å². The summed E-state index contributed by atoms with van der Waals surface area (Å²) in [5, 5.41) is 2.77. The topological polar surface area (TPSA) is 72.5 Å². The summed E-state index contributed by atoms with van der Waals surface area (Å²) in [5.74, 6) is -0.518. The minimum absolute atomic E-state index is 0.112. The van der Waals surface area contributed by atoms with Crippen molar-refractivity contribution in [2.75, 3.05) is 13.7 Å². The van der Waals surface area contributed by atoms with Crippen LogP contribution in [0.25, 0.3) is 0 Å². The molecule has 1 aromatic carbocycles. The molecule has 0 saturated carbocycles. The third-order valence-electron chi connectivity index (χ3n) is 4.06. The molecule has 0 bridgehead atoms. The Morgan fingerprint density at radius 2 is 2.20 bits per heavy atom. The Morgan fingerprint density at radius 1 is 1.40 bits per heavy atom.